The van der Waals surface area contributed by atoms with Crippen LogP contribution in [0.5, 0.6) is 11.5 Å². The van der Waals surface area contributed by atoms with Crippen molar-refractivity contribution in [3.05, 3.63) is 88.5 Å². The number of amides is 1. The number of thiocarbonyl (C=S) groups is 1. The Hall–Kier alpha value is -3.38. The van der Waals surface area contributed by atoms with Crippen molar-refractivity contribution in [3.63, 3.8) is 0 Å². The first-order chi connectivity index (χ1) is 18.3. The fourth-order valence-electron chi connectivity index (χ4n) is 5.19. The van der Waals surface area contributed by atoms with E-state index in [9.17, 15) is 4.79 Å². The van der Waals surface area contributed by atoms with Crippen LogP contribution >= 0.6 is 12.2 Å². The van der Waals surface area contributed by atoms with Gasteiger partial charge in [-0.25, -0.2) is 0 Å². The van der Waals surface area contributed by atoms with Crippen LogP contribution in [0.1, 0.15) is 47.6 Å². The number of likely N-dealkylation sites (tertiary alicyclic amines) is 1. The van der Waals surface area contributed by atoms with Gasteiger partial charge in [0.2, 0.25) is 0 Å². The first-order valence-electron chi connectivity index (χ1n) is 13.4. The number of rotatable bonds is 9. The third-order valence-corrected chi connectivity index (χ3v) is 7.55. The molecule has 0 aromatic heterocycles. The van der Waals surface area contributed by atoms with Gasteiger partial charge < -0.3 is 19.7 Å². The number of aryl methyl sites for hydroxylation is 3. The Bertz CT molecular complexity index is 1240. The highest BCUT2D eigenvalue weighted by atomic mass is 32.1. The number of hydrogen-bond acceptors (Lipinski definition) is 4. The zero-order valence-electron chi connectivity index (χ0n) is 22.9. The van der Waals surface area contributed by atoms with Gasteiger partial charge in [0, 0.05) is 24.3 Å². The van der Waals surface area contributed by atoms with Crippen LogP contribution in [0.25, 0.3) is 0 Å². The van der Waals surface area contributed by atoms with E-state index in [-0.39, 0.29) is 12.5 Å². The first kappa shape index (κ1) is 27.6. The van der Waals surface area contributed by atoms with E-state index in [1.807, 2.05) is 45.9 Å². The van der Waals surface area contributed by atoms with Crippen molar-refractivity contribution >= 4 is 28.8 Å². The molecular formula is C32H38N2O3S. The highest BCUT2D eigenvalue weighted by Crippen LogP contribution is 2.31. The van der Waals surface area contributed by atoms with Gasteiger partial charge >= 0.3 is 0 Å². The number of nitrogens with one attached hydrogen (secondary N) is 1. The lowest BCUT2D eigenvalue weighted by Crippen LogP contribution is -2.38. The molecule has 1 amide bonds. The molecule has 1 N–H and O–H groups in total. The lowest BCUT2D eigenvalue weighted by atomic mass is 9.90. The molecule has 3 aromatic carbocycles. The van der Waals surface area contributed by atoms with E-state index < -0.39 is 0 Å². The molecule has 0 spiro atoms. The molecule has 0 unspecified atom stereocenters. The maximum absolute atomic E-state index is 12.7. The van der Waals surface area contributed by atoms with Gasteiger partial charge in [0.25, 0.3) is 5.91 Å². The predicted octanol–water partition coefficient (Wildman–Crippen LogP) is 6.66. The van der Waals surface area contributed by atoms with Crippen LogP contribution in [0.15, 0.2) is 60.7 Å². The molecule has 0 atom stereocenters. The van der Waals surface area contributed by atoms with Gasteiger partial charge in [-0.3, -0.25) is 4.79 Å². The minimum atomic E-state index is -0.208. The summed E-state index contributed by atoms with van der Waals surface area (Å²) in [5, 5.41) is 2.99. The minimum absolute atomic E-state index is 0.106. The molecule has 200 valence electrons. The van der Waals surface area contributed by atoms with Crippen molar-refractivity contribution in [3.8, 4) is 11.5 Å². The molecule has 1 heterocycles. The Labute approximate surface area is 232 Å². The van der Waals surface area contributed by atoms with Crippen LogP contribution in [0.4, 0.5) is 5.69 Å². The fourth-order valence-corrected chi connectivity index (χ4v) is 5.50. The Kier molecular flexibility index (Phi) is 9.40. The van der Waals surface area contributed by atoms with Crippen molar-refractivity contribution in [2.75, 3.05) is 31.6 Å². The normalized spacial score (nSPS) is 13.7. The number of piperidine rings is 1. The highest BCUT2D eigenvalue weighted by Gasteiger charge is 2.23. The number of nitrogens with zero attached hydrogens (tertiary/aromatic N) is 1. The van der Waals surface area contributed by atoms with Crippen molar-refractivity contribution < 1.29 is 14.3 Å². The van der Waals surface area contributed by atoms with Crippen LogP contribution in [0.3, 0.4) is 0 Å². The third-order valence-electron chi connectivity index (χ3n) is 7.06. The predicted molar refractivity (Wildman–Crippen MR) is 159 cm³/mol. The maximum Gasteiger partial charge on any atom is 0.262 e. The molecule has 0 bridgehead atoms. The van der Waals surface area contributed by atoms with E-state index in [0.717, 1.165) is 59.7 Å². The smallest absolute Gasteiger partial charge is 0.262 e. The minimum Gasteiger partial charge on any atom is -0.490 e. The number of hydrogen-bond donors (Lipinski definition) is 1. The molecular weight excluding hydrogens is 492 g/mol. The average molecular weight is 531 g/mol. The molecule has 4 rings (SSSR count). The summed E-state index contributed by atoms with van der Waals surface area (Å²) < 4.78 is 11.7. The van der Waals surface area contributed by atoms with Crippen molar-refractivity contribution in [1.82, 2.24) is 4.90 Å². The van der Waals surface area contributed by atoms with E-state index in [4.69, 9.17) is 21.7 Å². The molecule has 0 radical (unpaired) electrons. The molecule has 1 aliphatic rings. The summed E-state index contributed by atoms with van der Waals surface area (Å²) in [6.45, 7) is 10.3. The summed E-state index contributed by atoms with van der Waals surface area (Å²) in [5.41, 5.74) is 6.42. The summed E-state index contributed by atoms with van der Waals surface area (Å²) >= 11 is 5.87. The molecule has 1 fully saturated rings. The van der Waals surface area contributed by atoms with Gasteiger partial charge in [-0.1, -0.05) is 60.2 Å². The Balaban J connectivity index is 1.35. The number of anilines is 1. The summed E-state index contributed by atoms with van der Waals surface area (Å²) in [6.07, 6.45) is 3.38. The van der Waals surface area contributed by atoms with Crippen molar-refractivity contribution in [2.45, 2.75) is 47.0 Å². The fraction of sp³-hybridized carbons (Fsp3) is 0.375. The topological polar surface area (TPSA) is 50.8 Å². The molecule has 0 saturated carbocycles. The Morgan fingerprint density at radius 2 is 1.63 bits per heavy atom. The van der Waals surface area contributed by atoms with Gasteiger partial charge in [0.05, 0.1) is 6.61 Å². The van der Waals surface area contributed by atoms with Crippen LogP contribution in [-0.2, 0) is 11.2 Å². The largest absolute Gasteiger partial charge is 0.490 e. The maximum atomic E-state index is 12.7. The molecule has 1 saturated heterocycles. The molecule has 3 aromatic rings. The zero-order valence-corrected chi connectivity index (χ0v) is 23.7. The second-order valence-electron chi connectivity index (χ2n) is 10.1. The Morgan fingerprint density at radius 1 is 0.947 bits per heavy atom. The lowest BCUT2D eigenvalue weighted by molar-refractivity contribution is -0.118. The van der Waals surface area contributed by atoms with Crippen LogP contribution in [0.2, 0.25) is 0 Å². The lowest BCUT2D eigenvalue weighted by Gasteiger charge is -2.34. The van der Waals surface area contributed by atoms with E-state index >= 15 is 0 Å². The standard InChI is InChI=1S/C32H38N2O3S/c1-5-36-29-20-27(32(38)34-15-13-26(14-16-34)19-25-9-7-6-8-10-25)11-12-28(29)37-21-30(35)33-31-23(3)17-22(2)18-24(31)4/h6-12,17-18,20,26H,5,13-16,19,21H2,1-4H3,(H,33,35). The molecule has 5 nitrogen and oxygen atoms in total. The summed E-state index contributed by atoms with van der Waals surface area (Å²) in [6, 6.07) is 20.6. The second kappa shape index (κ2) is 12.9. The molecule has 6 heteroatoms. The molecule has 0 aliphatic carbocycles. The van der Waals surface area contributed by atoms with E-state index in [2.05, 4.69) is 52.7 Å². The van der Waals surface area contributed by atoms with Gasteiger partial charge in [0.1, 0.15) is 4.99 Å². The number of carbonyl (C=O) groups is 1. The zero-order chi connectivity index (χ0) is 27.1. The van der Waals surface area contributed by atoms with Gasteiger partial charge in [-0.2, -0.15) is 0 Å². The monoisotopic (exact) mass is 530 g/mol. The third kappa shape index (κ3) is 7.13. The van der Waals surface area contributed by atoms with Gasteiger partial charge in [-0.05, 0) is 87.8 Å². The van der Waals surface area contributed by atoms with Crippen LogP contribution < -0.4 is 14.8 Å². The molecule has 38 heavy (non-hydrogen) atoms. The van der Waals surface area contributed by atoms with Crippen LogP contribution in [0, 0.1) is 26.7 Å². The summed E-state index contributed by atoms with van der Waals surface area (Å²) in [5.74, 6) is 1.61. The molecule has 1 aliphatic heterocycles. The van der Waals surface area contributed by atoms with E-state index in [0.29, 0.717) is 24.0 Å². The van der Waals surface area contributed by atoms with Gasteiger partial charge in [-0.15, -0.1) is 0 Å². The SMILES string of the molecule is CCOc1cc(C(=S)N2CCC(Cc3ccccc3)CC2)ccc1OCC(=O)Nc1c(C)cc(C)cc1C. The summed E-state index contributed by atoms with van der Waals surface area (Å²) in [4.78, 5) is 15.8. The number of benzene rings is 3. The Morgan fingerprint density at radius 3 is 2.29 bits per heavy atom. The number of ether oxygens (including phenoxy) is 2. The van der Waals surface area contributed by atoms with E-state index in [1.54, 1.807) is 0 Å². The van der Waals surface area contributed by atoms with Crippen molar-refractivity contribution in [1.29, 1.82) is 0 Å². The number of carbonyl (C=O) groups excluding carboxylic acids is 1. The quantitative estimate of drug-likeness (QED) is 0.314. The highest BCUT2D eigenvalue weighted by molar-refractivity contribution is 7.80. The summed E-state index contributed by atoms with van der Waals surface area (Å²) in [7, 11) is 0. The van der Waals surface area contributed by atoms with Crippen LogP contribution in [-0.4, -0.2) is 42.1 Å². The average Bonchev–Trinajstić information content (AvgIpc) is 2.91. The first-order valence-corrected chi connectivity index (χ1v) is 13.9. The van der Waals surface area contributed by atoms with Gasteiger partial charge in [0.15, 0.2) is 18.1 Å². The second-order valence-corrected chi connectivity index (χ2v) is 10.5. The van der Waals surface area contributed by atoms with E-state index in [1.165, 1.54) is 11.1 Å². The van der Waals surface area contributed by atoms with Crippen molar-refractivity contribution in [2.24, 2.45) is 5.92 Å².